The number of aromatic nitrogens is 4. The van der Waals surface area contributed by atoms with Crippen molar-refractivity contribution in [2.75, 3.05) is 5.73 Å². The van der Waals surface area contributed by atoms with E-state index in [1.807, 2.05) is 16.8 Å². The maximum atomic E-state index is 5.84. The molecule has 1 saturated carbocycles. The Labute approximate surface area is 107 Å². The third-order valence-electron chi connectivity index (χ3n) is 2.87. The Kier molecular flexibility index (Phi) is 2.58. The first-order chi connectivity index (χ1) is 8.24. The zero-order valence-electron chi connectivity index (χ0n) is 9.17. The molecule has 0 aliphatic heterocycles. The van der Waals surface area contributed by atoms with Gasteiger partial charge in [0.2, 0.25) is 0 Å². The van der Waals surface area contributed by atoms with Crippen LogP contribution in [0.4, 0.5) is 5.82 Å². The Bertz CT molecular complexity index is 529. The van der Waals surface area contributed by atoms with Gasteiger partial charge in [-0.25, -0.2) is 4.68 Å². The number of nitrogens with zero attached hydrogens (tertiary/aromatic N) is 4. The Balaban J connectivity index is 1.87. The molecule has 2 heterocycles. The van der Waals surface area contributed by atoms with Gasteiger partial charge >= 0.3 is 0 Å². The van der Waals surface area contributed by atoms with Gasteiger partial charge in [0.05, 0.1) is 17.9 Å². The van der Waals surface area contributed by atoms with Crippen LogP contribution in [0.5, 0.6) is 0 Å². The van der Waals surface area contributed by atoms with E-state index >= 15 is 0 Å². The monoisotopic (exact) mass is 293 g/mol. The molecule has 1 aliphatic rings. The van der Waals surface area contributed by atoms with Gasteiger partial charge in [0, 0.05) is 16.6 Å². The van der Waals surface area contributed by atoms with Crippen LogP contribution in [0.3, 0.4) is 0 Å². The van der Waals surface area contributed by atoms with E-state index in [0.717, 1.165) is 15.9 Å². The summed E-state index contributed by atoms with van der Waals surface area (Å²) < 4.78 is 2.84. The maximum Gasteiger partial charge on any atom is 0.169 e. The first kappa shape index (κ1) is 10.7. The first-order valence-corrected chi connectivity index (χ1v) is 6.32. The van der Waals surface area contributed by atoms with Gasteiger partial charge in [-0.15, -0.1) is 5.10 Å². The van der Waals surface area contributed by atoms with Crippen molar-refractivity contribution in [3.8, 4) is 0 Å². The van der Waals surface area contributed by atoms with Crippen molar-refractivity contribution in [3.63, 3.8) is 0 Å². The van der Waals surface area contributed by atoms with E-state index < -0.39 is 0 Å². The highest BCUT2D eigenvalue weighted by Gasteiger charge is 2.30. The molecule has 17 heavy (non-hydrogen) atoms. The van der Waals surface area contributed by atoms with Gasteiger partial charge in [-0.3, -0.25) is 4.98 Å². The average molecular weight is 294 g/mol. The van der Waals surface area contributed by atoms with Gasteiger partial charge in [-0.05, 0) is 40.9 Å². The van der Waals surface area contributed by atoms with Crippen LogP contribution in [-0.2, 0) is 6.54 Å². The molecule has 2 N–H and O–H groups in total. The number of hydrogen-bond donors (Lipinski definition) is 1. The second kappa shape index (κ2) is 4.10. The fourth-order valence-corrected chi connectivity index (χ4v) is 2.12. The molecule has 2 aromatic heterocycles. The van der Waals surface area contributed by atoms with E-state index in [0.29, 0.717) is 18.3 Å². The van der Waals surface area contributed by atoms with Crippen LogP contribution in [0.25, 0.3) is 0 Å². The molecule has 0 aromatic carbocycles. The Morgan fingerprint density at radius 3 is 2.88 bits per heavy atom. The fourth-order valence-electron chi connectivity index (χ4n) is 1.88. The van der Waals surface area contributed by atoms with Crippen molar-refractivity contribution in [2.45, 2.75) is 25.3 Å². The van der Waals surface area contributed by atoms with Gasteiger partial charge in [0.1, 0.15) is 0 Å². The summed E-state index contributed by atoms with van der Waals surface area (Å²) in [6.07, 6.45) is 4.16. The molecule has 1 fully saturated rings. The summed E-state index contributed by atoms with van der Waals surface area (Å²) in [5.74, 6) is 1.10. The third-order valence-corrected chi connectivity index (χ3v) is 3.33. The van der Waals surface area contributed by atoms with Crippen molar-refractivity contribution in [1.29, 1.82) is 0 Å². The number of nitrogens with two attached hydrogens (primary N) is 1. The number of anilines is 1. The van der Waals surface area contributed by atoms with E-state index in [4.69, 9.17) is 5.73 Å². The van der Waals surface area contributed by atoms with Gasteiger partial charge in [-0.1, -0.05) is 5.21 Å². The lowest BCUT2D eigenvalue weighted by atomic mass is 10.3. The van der Waals surface area contributed by atoms with Crippen LogP contribution in [0.15, 0.2) is 22.8 Å². The van der Waals surface area contributed by atoms with E-state index in [-0.39, 0.29) is 0 Å². The van der Waals surface area contributed by atoms with Crippen molar-refractivity contribution < 1.29 is 0 Å². The smallest absolute Gasteiger partial charge is 0.169 e. The predicted molar refractivity (Wildman–Crippen MR) is 67.4 cm³/mol. The summed E-state index contributed by atoms with van der Waals surface area (Å²) >= 11 is 3.37. The van der Waals surface area contributed by atoms with Gasteiger partial charge in [0.15, 0.2) is 5.82 Å². The number of rotatable bonds is 3. The first-order valence-electron chi connectivity index (χ1n) is 5.53. The SMILES string of the molecule is Nc1nnn(Cc2ccc(Br)cn2)c1C1CC1. The van der Waals surface area contributed by atoms with Gasteiger partial charge < -0.3 is 5.73 Å². The lowest BCUT2D eigenvalue weighted by molar-refractivity contribution is 0.610. The molecule has 3 rings (SSSR count). The predicted octanol–water partition coefficient (Wildman–Crippen LogP) is 1.94. The van der Waals surface area contributed by atoms with Gasteiger partial charge in [0.25, 0.3) is 0 Å². The van der Waals surface area contributed by atoms with Gasteiger partial charge in [-0.2, -0.15) is 0 Å². The molecule has 0 radical (unpaired) electrons. The van der Waals surface area contributed by atoms with E-state index in [1.54, 1.807) is 6.20 Å². The summed E-state index contributed by atoms with van der Waals surface area (Å²) in [4.78, 5) is 4.33. The molecular formula is C11H12BrN5. The minimum Gasteiger partial charge on any atom is -0.381 e. The summed E-state index contributed by atoms with van der Waals surface area (Å²) in [5, 5.41) is 8.03. The molecule has 5 nitrogen and oxygen atoms in total. The Hall–Kier alpha value is -1.43. The number of pyridine rings is 1. The minimum absolute atomic E-state index is 0.542. The van der Waals surface area contributed by atoms with Crippen LogP contribution in [0.1, 0.15) is 30.1 Å². The second-order valence-corrected chi connectivity index (χ2v) is 5.18. The van der Waals surface area contributed by atoms with Crippen LogP contribution in [0.2, 0.25) is 0 Å². The maximum absolute atomic E-state index is 5.84. The average Bonchev–Trinajstić information content (AvgIpc) is 3.08. The van der Waals surface area contributed by atoms with E-state index in [1.165, 1.54) is 12.8 Å². The largest absolute Gasteiger partial charge is 0.381 e. The Morgan fingerprint density at radius 2 is 2.24 bits per heavy atom. The van der Waals surface area contributed by atoms with Crippen LogP contribution >= 0.6 is 15.9 Å². The molecule has 88 valence electrons. The minimum atomic E-state index is 0.542. The lowest BCUT2D eigenvalue weighted by Gasteiger charge is -2.05. The molecule has 6 heteroatoms. The molecular weight excluding hydrogens is 282 g/mol. The zero-order chi connectivity index (χ0) is 11.8. The normalized spacial score (nSPS) is 15.1. The highest BCUT2D eigenvalue weighted by molar-refractivity contribution is 9.10. The molecule has 1 aliphatic carbocycles. The second-order valence-electron chi connectivity index (χ2n) is 4.26. The van der Waals surface area contributed by atoms with E-state index in [9.17, 15) is 0 Å². The molecule has 0 atom stereocenters. The summed E-state index contributed by atoms with van der Waals surface area (Å²) in [5.41, 5.74) is 7.86. The topological polar surface area (TPSA) is 69.6 Å². The Morgan fingerprint density at radius 1 is 1.41 bits per heavy atom. The highest BCUT2D eigenvalue weighted by atomic mass is 79.9. The molecule has 0 bridgehead atoms. The van der Waals surface area contributed by atoms with Crippen molar-refractivity contribution in [3.05, 3.63) is 34.2 Å². The molecule has 0 saturated heterocycles. The number of halogens is 1. The number of nitrogen functional groups attached to an aromatic ring is 1. The summed E-state index contributed by atoms with van der Waals surface area (Å²) in [6, 6.07) is 3.94. The third kappa shape index (κ3) is 2.17. The van der Waals surface area contributed by atoms with Crippen molar-refractivity contribution in [2.24, 2.45) is 0 Å². The summed E-state index contributed by atoms with van der Waals surface area (Å²) in [6.45, 7) is 0.628. The van der Waals surface area contributed by atoms with Crippen LogP contribution in [0, 0.1) is 0 Å². The molecule has 0 unspecified atom stereocenters. The standard InChI is InChI=1S/C11H12BrN5/c12-8-3-4-9(14-5-8)6-17-10(7-1-2-7)11(13)15-16-17/h3-5,7H,1-2,6,13H2. The molecule has 0 amide bonds. The van der Waals surface area contributed by atoms with Crippen LogP contribution in [-0.4, -0.2) is 20.0 Å². The zero-order valence-corrected chi connectivity index (χ0v) is 10.8. The lowest BCUT2D eigenvalue weighted by Crippen LogP contribution is -2.07. The van der Waals surface area contributed by atoms with Crippen molar-refractivity contribution in [1.82, 2.24) is 20.0 Å². The van der Waals surface area contributed by atoms with E-state index in [2.05, 4.69) is 31.2 Å². The molecule has 0 spiro atoms. The fraction of sp³-hybridized carbons (Fsp3) is 0.364. The number of hydrogen-bond acceptors (Lipinski definition) is 4. The van der Waals surface area contributed by atoms with Crippen LogP contribution < -0.4 is 5.73 Å². The summed E-state index contributed by atoms with van der Waals surface area (Å²) in [7, 11) is 0. The quantitative estimate of drug-likeness (QED) is 0.939. The van der Waals surface area contributed by atoms with Crippen molar-refractivity contribution >= 4 is 21.7 Å². The highest BCUT2D eigenvalue weighted by Crippen LogP contribution is 2.41. The molecule has 2 aromatic rings.